The highest BCUT2D eigenvalue weighted by Gasteiger charge is 2.48. The molecule has 3 heterocycles. The van der Waals surface area contributed by atoms with E-state index < -0.39 is 23.9 Å². The Hall–Kier alpha value is -3.14. The van der Waals surface area contributed by atoms with E-state index in [9.17, 15) is 22.8 Å². The summed E-state index contributed by atoms with van der Waals surface area (Å²) in [6.07, 6.45) is -4.76. The first-order chi connectivity index (χ1) is 14.5. The molecule has 0 bridgehead atoms. The SMILES string of the molecule is CC[C@@]1(C)NC(=O)N(c2cnc(Oc3ccc4c(c3)C(C(F)(F)F)OC4)c(C)c2)C1=O. The maximum atomic E-state index is 13.2. The highest BCUT2D eigenvalue weighted by molar-refractivity contribution is 6.23. The van der Waals surface area contributed by atoms with Gasteiger partial charge in [-0.05, 0) is 49.6 Å². The summed E-state index contributed by atoms with van der Waals surface area (Å²) in [5.41, 5.74) is 0.266. The van der Waals surface area contributed by atoms with E-state index in [0.717, 1.165) is 4.90 Å². The van der Waals surface area contributed by atoms with Gasteiger partial charge in [0.15, 0.2) is 6.10 Å². The van der Waals surface area contributed by atoms with Crippen LogP contribution >= 0.6 is 0 Å². The number of nitrogens with zero attached hydrogens (tertiary/aromatic N) is 2. The summed E-state index contributed by atoms with van der Waals surface area (Å²) in [5.74, 6) is -0.0569. The first-order valence-electron chi connectivity index (χ1n) is 9.66. The molecule has 2 aromatic rings. The normalized spacial score (nSPS) is 23.2. The number of aromatic nitrogens is 1. The van der Waals surface area contributed by atoms with E-state index in [1.165, 1.54) is 18.3 Å². The van der Waals surface area contributed by atoms with Gasteiger partial charge in [-0.25, -0.2) is 14.7 Å². The van der Waals surface area contributed by atoms with Crippen LogP contribution in [0.1, 0.15) is 43.1 Å². The van der Waals surface area contributed by atoms with Gasteiger partial charge in [0.25, 0.3) is 5.91 Å². The summed E-state index contributed by atoms with van der Waals surface area (Å²) < 4.78 is 50.0. The Morgan fingerprint density at radius 1 is 1.32 bits per heavy atom. The molecule has 164 valence electrons. The molecule has 10 heteroatoms. The minimum Gasteiger partial charge on any atom is -0.439 e. The Kier molecular flexibility index (Phi) is 4.92. The van der Waals surface area contributed by atoms with E-state index in [1.807, 2.05) is 0 Å². The Balaban J connectivity index is 1.58. The first-order valence-corrected chi connectivity index (χ1v) is 9.66. The summed E-state index contributed by atoms with van der Waals surface area (Å²) >= 11 is 0. The summed E-state index contributed by atoms with van der Waals surface area (Å²) in [6, 6.07) is 5.38. The zero-order valence-corrected chi connectivity index (χ0v) is 17.0. The molecule has 1 aromatic heterocycles. The predicted molar refractivity (Wildman–Crippen MR) is 104 cm³/mol. The summed E-state index contributed by atoms with van der Waals surface area (Å²) in [7, 11) is 0. The summed E-state index contributed by atoms with van der Waals surface area (Å²) in [6.45, 7) is 5.00. The number of fused-ring (bicyclic) bond motifs is 1. The number of rotatable bonds is 4. The number of imide groups is 1. The van der Waals surface area contributed by atoms with Gasteiger partial charge < -0.3 is 14.8 Å². The van der Waals surface area contributed by atoms with Crippen molar-refractivity contribution >= 4 is 17.6 Å². The monoisotopic (exact) mass is 435 g/mol. The van der Waals surface area contributed by atoms with Crippen molar-refractivity contribution < 1.29 is 32.2 Å². The molecule has 1 fully saturated rings. The second-order valence-corrected chi connectivity index (χ2v) is 7.77. The highest BCUT2D eigenvalue weighted by Crippen LogP contribution is 2.44. The van der Waals surface area contributed by atoms with Gasteiger partial charge in [0.1, 0.15) is 11.3 Å². The molecule has 1 saturated heterocycles. The van der Waals surface area contributed by atoms with Crippen molar-refractivity contribution in [3.05, 3.63) is 47.2 Å². The highest BCUT2D eigenvalue weighted by atomic mass is 19.4. The third-order valence-electron chi connectivity index (χ3n) is 5.56. The predicted octanol–water partition coefficient (Wildman–Crippen LogP) is 4.54. The molecule has 1 unspecified atom stereocenters. The molecule has 2 aliphatic heterocycles. The topological polar surface area (TPSA) is 80.8 Å². The lowest BCUT2D eigenvalue weighted by molar-refractivity contribution is -0.219. The van der Waals surface area contributed by atoms with Crippen LogP contribution in [0.15, 0.2) is 30.5 Å². The van der Waals surface area contributed by atoms with Crippen molar-refractivity contribution in [2.45, 2.75) is 51.6 Å². The molecule has 31 heavy (non-hydrogen) atoms. The lowest BCUT2D eigenvalue weighted by atomic mass is 9.99. The van der Waals surface area contributed by atoms with Crippen molar-refractivity contribution in [1.29, 1.82) is 0 Å². The molecule has 4 rings (SSSR count). The van der Waals surface area contributed by atoms with Crippen LogP contribution in [0.2, 0.25) is 0 Å². The number of pyridine rings is 1. The largest absolute Gasteiger partial charge is 0.439 e. The van der Waals surface area contributed by atoms with Crippen LogP contribution < -0.4 is 15.0 Å². The first kappa shape index (κ1) is 21.1. The molecule has 0 spiro atoms. The number of amides is 3. The second-order valence-electron chi connectivity index (χ2n) is 7.77. The van der Waals surface area contributed by atoms with Crippen molar-refractivity contribution in [2.24, 2.45) is 0 Å². The number of carbonyl (C=O) groups is 2. The number of ether oxygens (including phenoxy) is 2. The number of hydrogen-bond acceptors (Lipinski definition) is 5. The molecule has 0 radical (unpaired) electrons. The summed E-state index contributed by atoms with van der Waals surface area (Å²) in [5, 5.41) is 2.67. The molecule has 0 saturated carbocycles. The average molecular weight is 435 g/mol. The van der Waals surface area contributed by atoms with Crippen LogP contribution in [-0.4, -0.2) is 28.6 Å². The quantitative estimate of drug-likeness (QED) is 0.714. The lowest BCUT2D eigenvalue weighted by Gasteiger charge is -2.19. The molecular formula is C21H20F3N3O4. The molecule has 2 aliphatic rings. The maximum absolute atomic E-state index is 13.2. The van der Waals surface area contributed by atoms with Crippen molar-refractivity contribution in [1.82, 2.24) is 10.3 Å². The standard InChI is InChI=1S/C21H20F3N3O4/c1-4-20(3)18(28)27(19(29)26-20)13-7-11(2)17(25-9-13)31-14-6-5-12-10-30-16(15(12)8-14)21(22,23)24/h5-9,16H,4,10H2,1-3H3,(H,26,29)/t16?,20-/m1/s1. The van der Waals surface area contributed by atoms with Gasteiger partial charge in [0, 0.05) is 5.56 Å². The molecule has 0 aliphatic carbocycles. The molecule has 3 amide bonds. The van der Waals surface area contributed by atoms with E-state index in [0.29, 0.717) is 17.5 Å². The van der Waals surface area contributed by atoms with E-state index >= 15 is 0 Å². The maximum Gasteiger partial charge on any atom is 0.418 e. The van der Waals surface area contributed by atoms with E-state index in [1.54, 1.807) is 32.9 Å². The number of halogens is 3. The zero-order chi connectivity index (χ0) is 22.6. The van der Waals surface area contributed by atoms with Crippen molar-refractivity contribution in [3.8, 4) is 11.6 Å². The Morgan fingerprint density at radius 2 is 2.06 bits per heavy atom. The Bertz CT molecular complexity index is 1070. The second kappa shape index (κ2) is 7.23. The molecule has 1 N–H and O–H groups in total. The fourth-order valence-electron chi connectivity index (χ4n) is 3.59. The molecule has 2 atom stereocenters. The fourth-order valence-corrected chi connectivity index (χ4v) is 3.59. The van der Waals surface area contributed by atoms with E-state index in [2.05, 4.69) is 10.3 Å². The van der Waals surface area contributed by atoms with E-state index in [4.69, 9.17) is 9.47 Å². The third kappa shape index (κ3) is 3.60. The number of hydrogen-bond donors (Lipinski definition) is 1. The number of carbonyl (C=O) groups excluding carboxylic acids is 2. The Morgan fingerprint density at radius 3 is 2.68 bits per heavy atom. The van der Waals surface area contributed by atoms with Gasteiger partial charge in [0.2, 0.25) is 5.88 Å². The molecular weight excluding hydrogens is 415 g/mol. The van der Waals surface area contributed by atoms with Crippen LogP contribution in [0.4, 0.5) is 23.7 Å². The number of urea groups is 1. The third-order valence-corrected chi connectivity index (χ3v) is 5.56. The average Bonchev–Trinajstić information content (AvgIpc) is 3.22. The number of nitrogens with one attached hydrogen (secondary N) is 1. The minimum absolute atomic E-state index is 0.0115. The fraction of sp³-hybridized carbons (Fsp3) is 0.381. The van der Waals surface area contributed by atoms with Gasteiger partial charge in [0.05, 0.1) is 18.5 Å². The van der Waals surface area contributed by atoms with Crippen LogP contribution in [0.25, 0.3) is 0 Å². The van der Waals surface area contributed by atoms with Crippen LogP contribution in [0.3, 0.4) is 0 Å². The zero-order valence-electron chi connectivity index (χ0n) is 17.0. The van der Waals surface area contributed by atoms with E-state index in [-0.39, 0.29) is 35.4 Å². The van der Waals surface area contributed by atoms with Crippen LogP contribution in [0.5, 0.6) is 11.6 Å². The molecule has 1 aromatic carbocycles. The molecule has 7 nitrogen and oxygen atoms in total. The number of benzene rings is 1. The van der Waals surface area contributed by atoms with Gasteiger partial charge in [-0.2, -0.15) is 13.2 Å². The number of anilines is 1. The van der Waals surface area contributed by atoms with Crippen molar-refractivity contribution in [3.63, 3.8) is 0 Å². The smallest absolute Gasteiger partial charge is 0.418 e. The van der Waals surface area contributed by atoms with Gasteiger partial charge in [-0.15, -0.1) is 0 Å². The summed E-state index contributed by atoms with van der Waals surface area (Å²) in [4.78, 5) is 30.1. The van der Waals surface area contributed by atoms with Gasteiger partial charge >= 0.3 is 12.2 Å². The number of alkyl halides is 3. The van der Waals surface area contributed by atoms with Crippen LogP contribution in [0, 0.1) is 6.92 Å². The van der Waals surface area contributed by atoms with Crippen molar-refractivity contribution in [2.75, 3.05) is 4.90 Å². The van der Waals surface area contributed by atoms with Gasteiger partial charge in [-0.3, -0.25) is 4.79 Å². The lowest BCUT2D eigenvalue weighted by Crippen LogP contribution is -2.43. The van der Waals surface area contributed by atoms with Gasteiger partial charge in [-0.1, -0.05) is 13.0 Å². The number of aryl methyl sites for hydroxylation is 1. The minimum atomic E-state index is -4.52. The Labute approximate surface area is 176 Å². The van der Waals surface area contributed by atoms with Crippen LogP contribution in [-0.2, 0) is 16.1 Å².